The molecule has 0 spiro atoms. The number of hydrogen-bond acceptors (Lipinski definition) is 1. The number of carboxylic acid groups (broad SMARTS) is 1. The summed E-state index contributed by atoms with van der Waals surface area (Å²) in [6, 6.07) is 0. The van der Waals surface area contributed by atoms with E-state index in [1.807, 2.05) is 0 Å². The van der Waals surface area contributed by atoms with E-state index in [1.54, 1.807) is 0 Å². The minimum absolute atomic E-state index is 0. The number of hydrogen-bond donors (Lipinski definition) is 1. The third-order valence-corrected chi connectivity index (χ3v) is 1.000. The fourth-order valence-electron chi connectivity index (χ4n) is 0.250. The third kappa shape index (κ3) is 9.23. The SMILES string of the molecule is C1CCC1.Cl.O=CO. The molecule has 1 aliphatic carbocycles. The van der Waals surface area contributed by atoms with Crippen LogP contribution in [-0.2, 0) is 4.79 Å². The summed E-state index contributed by atoms with van der Waals surface area (Å²) in [7, 11) is 0. The first-order valence-electron chi connectivity index (χ1n) is 2.49. The van der Waals surface area contributed by atoms with Crippen molar-refractivity contribution in [2.75, 3.05) is 0 Å². The summed E-state index contributed by atoms with van der Waals surface area (Å²) in [4.78, 5) is 8.36. The summed E-state index contributed by atoms with van der Waals surface area (Å²) in [5.74, 6) is 0. The summed E-state index contributed by atoms with van der Waals surface area (Å²) in [5, 5.41) is 6.89. The van der Waals surface area contributed by atoms with E-state index in [2.05, 4.69) is 0 Å². The van der Waals surface area contributed by atoms with Gasteiger partial charge < -0.3 is 5.11 Å². The Labute approximate surface area is 55.3 Å². The van der Waals surface area contributed by atoms with Gasteiger partial charge in [-0.3, -0.25) is 4.79 Å². The van der Waals surface area contributed by atoms with Crippen molar-refractivity contribution in [2.24, 2.45) is 0 Å². The van der Waals surface area contributed by atoms with Crippen molar-refractivity contribution in [1.82, 2.24) is 0 Å². The summed E-state index contributed by atoms with van der Waals surface area (Å²) in [6.07, 6.45) is 6.00. The second-order valence-electron chi connectivity index (χ2n) is 1.52. The molecule has 1 fully saturated rings. The van der Waals surface area contributed by atoms with Crippen LogP contribution in [0.3, 0.4) is 0 Å². The molecule has 0 bridgehead atoms. The zero-order valence-electron chi connectivity index (χ0n) is 4.67. The van der Waals surface area contributed by atoms with Gasteiger partial charge in [-0.05, 0) is 0 Å². The standard InChI is InChI=1S/C4H8.CH2O2.ClH/c1-2-4-3-1;2-1-3;/h1-4H2;1H,(H,2,3);1H. The Kier molecular flexibility index (Phi) is 13.2. The van der Waals surface area contributed by atoms with E-state index in [-0.39, 0.29) is 18.9 Å². The van der Waals surface area contributed by atoms with E-state index in [0.717, 1.165) is 0 Å². The van der Waals surface area contributed by atoms with Crippen LogP contribution >= 0.6 is 12.4 Å². The van der Waals surface area contributed by atoms with Gasteiger partial charge in [0.1, 0.15) is 0 Å². The molecule has 50 valence electrons. The maximum Gasteiger partial charge on any atom is 0.290 e. The average Bonchev–Trinajstić information content (AvgIpc) is 1.27. The molecule has 0 aromatic rings. The summed E-state index contributed by atoms with van der Waals surface area (Å²) < 4.78 is 0. The van der Waals surface area contributed by atoms with Gasteiger partial charge in [0, 0.05) is 0 Å². The lowest BCUT2D eigenvalue weighted by atomic mass is 10.0. The lowest BCUT2D eigenvalue weighted by Crippen LogP contribution is -1.85. The Balaban J connectivity index is 0. The lowest BCUT2D eigenvalue weighted by Gasteiger charge is -2.05. The Bertz CT molecular complexity index is 39.7. The molecule has 0 radical (unpaired) electrons. The van der Waals surface area contributed by atoms with Crippen molar-refractivity contribution in [3.63, 3.8) is 0 Å². The number of rotatable bonds is 0. The molecule has 1 saturated carbocycles. The van der Waals surface area contributed by atoms with Gasteiger partial charge in [-0.15, -0.1) is 12.4 Å². The molecule has 8 heavy (non-hydrogen) atoms. The van der Waals surface area contributed by atoms with Crippen molar-refractivity contribution in [2.45, 2.75) is 25.7 Å². The Morgan fingerprint density at radius 3 is 1.25 bits per heavy atom. The second kappa shape index (κ2) is 9.90. The maximum atomic E-state index is 8.36. The van der Waals surface area contributed by atoms with Gasteiger partial charge in [0.25, 0.3) is 6.47 Å². The maximum absolute atomic E-state index is 8.36. The molecule has 0 unspecified atom stereocenters. The van der Waals surface area contributed by atoms with Crippen molar-refractivity contribution in [3.05, 3.63) is 0 Å². The highest BCUT2D eigenvalue weighted by Gasteiger charge is 1.95. The van der Waals surface area contributed by atoms with Gasteiger partial charge in [-0.1, -0.05) is 25.7 Å². The molecule has 0 atom stereocenters. The third-order valence-electron chi connectivity index (χ3n) is 1.000. The van der Waals surface area contributed by atoms with Crippen LogP contribution in [0.25, 0.3) is 0 Å². The van der Waals surface area contributed by atoms with Gasteiger partial charge in [0.2, 0.25) is 0 Å². The smallest absolute Gasteiger partial charge is 0.290 e. The molecule has 0 saturated heterocycles. The van der Waals surface area contributed by atoms with E-state index in [4.69, 9.17) is 9.90 Å². The van der Waals surface area contributed by atoms with Gasteiger partial charge >= 0.3 is 0 Å². The lowest BCUT2D eigenvalue weighted by molar-refractivity contribution is -0.122. The predicted octanol–water partition coefficient (Wildman–Crippen LogP) is 1.68. The molecule has 1 N–H and O–H groups in total. The Morgan fingerprint density at radius 2 is 1.25 bits per heavy atom. The first-order chi connectivity index (χ1) is 3.41. The van der Waals surface area contributed by atoms with Crippen molar-refractivity contribution >= 4 is 18.9 Å². The first-order valence-corrected chi connectivity index (χ1v) is 2.49. The van der Waals surface area contributed by atoms with E-state index in [1.165, 1.54) is 25.7 Å². The molecule has 2 nitrogen and oxygen atoms in total. The monoisotopic (exact) mass is 138 g/mol. The van der Waals surface area contributed by atoms with Crippen LogP contribution in [0.15, 0.2) is 0 Å². The molecular weight excluding hydrogens is 128 g/mol. The molecule has 3 heteroatoms. The highest BCUT2D eigenvalue weighted by atomic mass is 35.5. The molecule has 0 aromatic carbocycles. The summed E-state index contributed by atoms with van der Waals surface area (Å²) >= 11 is 0. The fraction of sp³-hybridized carbons (Fsp3) is 0.800. The fourth-order valence-corrected chi connectivity index (χ4v) is 0.250. The van der Waals surface area contributed by atoms with Crippen LogP contribution in [0.1, 0.15) is 25.7 Å². The minimum atomic E-state index is -0.250. The second-order valence-corrected chi connectivity index (χ2v) is 1.52. The van der Waals surface area contributed by atoms with Gasteiger partial charge in [0.05, 0.1) is 0 Å². The number of carbonyl (C=O) groups is 1. The highest BCUT2D eigenvalue weighted by molar-refractivity contribution is 5.85. The van der Waals surface area contributed by atoms with E-state index >= 15 is 0 Å². The van der Waals surface area contributed by atoms with Gasteiger partial charge in [-0.2, -0.15) is 0 Å². The summed E-state index contributed by atoms with van der Waals surface area (Å²) in [6.45, 7) is -0.250. The first kappa shape index (κ1) is 10.7. The quantitative estimate of drug-likeness (QED) is 0.518. The molecule has 1 aliphatic rings. The largest absolute Gasteiger partial charge is 0.483 e. The van der Waals surface area contributed by atoms with Crippen molar-refractivity contribution in [3.8, 4) is 0 Å². The molecule has 0 aromatic heterocycles. The molecule has 1 rings (SSSR count). The topological polar surface area (TPSA) is 37.3 Å². The van der Waals surface area contributed by atoms with Crippen LogP contribution in [-0.4, -0.2) is 11.6 Å². The summed E-state index contributed by atoms with van der Waals surface area (Å²) in [5.41, 5.74) is 0. The normalized spacial score (nSPS) is 13.5. The Morgan fingerprint density at radius 1 is 1.12 bits per heavy atom. The molecule has 0 heterocycles. The van der Waals surface area contributed by atoms with Crippen LogP contribution in [0.5, 0.6) is 0 Å². The van der Waals surface area contributed by atoms with Gasteiger partial charge in [-0.25, -0.2) is 0 Å². The predicted molar refractivity (Wildman–Crippen MR) is 34.4 cm³/mol. The Hall–Kier alpha value is -0.240. The van der Waals surface area contributed by atoms with Gasteiger partial charge in [0.15, 0.2) is 0 Å². The molecular formula is C5H11ClO2. The molecule has 0 aliphatic heterocycles. The van der Waals surface area contributed by atoms with E-state index in [0.29, 0.717) is 0 Å². The number of halogens is 1. The van der Waals surface area contributed by atoms with Crippen LogP contribution in [0, 0.1) is 0 Å². The zero-order valence-corrected chi connectivity index (χ0v) is 5.49. The van der Waals surface area contributed by atoms with Crippen LogP contribution < -0.4 is 0 Å². The molecule has 0 amide bonds. The zero-order chi connectivity index (χ0) is 5.54. The minimum Gasteiger partial charge on any atom is -0.483 e. The van der Waals surface area contributed by atoms with Crippen LogP contribution in [0.2, 0.25) is 0 Å². The van der Waals surface area contributed by atoms with E-state index < -0.39 is 0 Å². The highest BCUT2D eigenvalue weighted by Crippen LogP contribution is 2.15. The van der Waals surface area contributed by atoms with E-state index in [9.17, 15) is 0 Å². The van der Waals surface area contributed by atoms with Crippen molar-refractivity contribution < 1.29 is 9.90 Å². The van der Waals surface area contributed by atoms with Crippen molar-refractivity contribution in [1.29, 1.82) is 0 Å². The van der Waals surface area contributed by atoms with Crippen LogP contribution in [0.4, 0.5) is 0 Å². The average molecular weight is 139 g/mol.